The van der Waals surface area contributed by atoms with Crippen LogP contribution in [0.3, 0.4) is 0 Å². The lowest BCUT2D eigenvalue weighted by Gasteiger charge is -2.26. The van der Waals surface area contributed by atoms with Crippen molar-refractivity contribution >= 4 is 5.69 Å². The summed E-state index contributed by atoms with van der Waals surface area (Å²) in [5.74, 6) is -0.305. The number of halogens is 3. The second-order valence-electron chi connectivity index (χ2n) is 6.70. The fourth-order valence-electron chi connectivity index (χ4n) is 3.17. The van der Waals surface area contributed by atoms with Gasteiger partial charge in [0.15, 0.2) is 0 Å². The second-order valence-corrected chi connectivity index (χ2v) is 6.70. The molecular formula is C16H22F3NO. The van der Waals surface area contributed by atoms with E-state index < -0.39 is 17.3 Å². The Balaban J connectivity index is 2.53. The molecule has 0 bridgehead atoms. The fourth-order valence-corrected chi connectivity index (χ4v) is 3.17. The first kappa shape index (κ1) is 16.1. The monoisotopic (exact) mass is 301 g/mol. The van der Waals surface area contributed by atoms with E-state index in [1.165, 1.54) is 6.07 Å². The SMILES string of the molecule is CC(C)N1CC(CC(C)(C)O)c2c1cccc2C(F)(F)F. The van der Waals surface area contributed by atoms with E-state index >= 15 is 0 Å². The molecule has 2 nitrogen and oxygen atoms in total. The number of hydrogen-bond donors (Lipinski definition) is 1. The van der Waals surface area contributed by atoms with Crippen LogP contribution >= 0.6 is 0 Å². The van der Waals surface area contributed by atoms with Crippen LogP contribution < -0.4 is 4.90 Å². The minimum atomic E-state index is -4.36. The average molecular weight is 301 g/mol. The number of anilines is 1. The van der Waals surface area contributed by atoms with Gasteiger partial charge in [-0.1, -0.05) is 6.07 Å². The normalized spacial score (nSPS) is 19.3. The maximum Gasteiger partial charge on any atom is 0.416 e. The highest BCUT2D eigenvalue weighted by molar-refractivity contribution is 5.64. The molecule has 0 aromatic heterocycles. The van der Waals surface area contributed by atoms with Gasteiger partial charge in [-0.05, 0) is 51.8 Å². The van der Waals surface area contributed by atoms with Crippen LogP contribution in [0.1, 0.15) is 51.2 Å². The Kier molecular flexibility index (Phi) is 4.00. The van der Waals surface area contributed by atoms with E-state index in [0.717, 1.165) is 6.07 Å². The van der Waals surface area contributed by atoms with Crippen molar-refractivity contribution in [1.29, 1.82) is 0 Å². The Labute approximate surface area is 123 Å². The van der Waals surface area contributed by atoms with Gasteiger partial charge in [-0.2, -0.15) is 13.2 Å². The van der Waals surface area contributed by atoms with Crippen LogP contribution in [0.4, 0.5) is 18.9 Å². The lowest BCUT2D eigenvalue weighted by molar-refractivity contribution is -0.138. The molecule has 1 aromatic rings. The first-order valence-electron chi connectivity index (χ1n) is 7.20. The quantitative estimate of drug-likeness (QED) is 0.905. The van der Waals surface area contributed by atoms with Crippen LogP contribution in [-0.4, -0.2) is 23.3 Å². The Morgan fingerprint density at radius 2 is 1.90 bits per heavy atom. The highest BCUT2D eigenvalue weighted by Crippen LogP contribution is 2.47. The van der Waals surface area contributed by atoms with E-state index in [1.807, 2.05) is 18.7 Å². The van der Waals surface area contributed by atoms with E-state index in [1.54, 1.807) is 19.9 Å². The van der Waals surface area contributed by atoms with Crippen molar-refractivity contribution in [2.24, 2.45) is 0 Å². The zero-order valence-electron chi connectivity index (χ0n) is 12.8. The highest BCUT2D eigenvalue weighted by Gasteiger charge is 2.42. The number of hydrogen-bond acceptors (Lipinski definition) is 2. The number of benzene rings is 1. The number of rotatable bonds is 3. The maximum atomic E-state index is 13.3. The first-order valence-corrected chi connectivity index (χ1v) is 7.20. The smallest absolute Gasteiger partial charge is 0.390 e. The lowest BCUT2D eigenvalue weighted by atomic mass is 9.87. The minimum absolute atomic E-state index is 0.124. The van der Waals surface area contributed by atoms with E-state index in [2.05, 4.69) is 0 Å². The summed E-state index contributed by atoms with van der Waals surface area (Å²) in [6.07, 6.45) is -4.05. The molecule has 0 fully saturated rings. The van der Waals surface area contributed by atoms with Gasteiger partial charge in [-0.3, -0.25) is 0 Å². The van der Waals surface area contributed by atoms with Gasteiger partial charge in [0, 0.05) is 24.2 Å². The van der Waals surface area contributed by atoms with Crippen molar-refractivity contribution < 1.29 is 18.3 Å². The van der Waals surface area contributed by atoms with Gasteiger partial charge in [-0.25, -0.2) is 0 Å². The molecule has 1 aliphatic rings. The summed E-state index contributed by atoms with van der Waals surface area (Å²) in [7, 11) is 0. The standard InChI is InChI=1S/C16H22F3NO/c1-10(2)20-9-11(8-15(3,4)21)14-12(16(17,18)19)6-5-7-13(14)20/h5-7,10-11,21H,8-9H2,1-4H3. The van der Waals surface area contributed by atoms with Gasteiger partial charge < -0.3 is 10.0 Å². The zero-order valence-corrected chi connectivity index (χ0v) is 12.8. The number of fused-ring (bicyclic) bond motifs is 1. The molecular weight excluding hydrogens is 279 g/mol. The van der Waals surface area contributed by atoms with Crippen LogP contribution in [0, 0.1) is 0 Å². The third-order valence-electron chi connectivity index (χ3n) is 3.89. The molecule has 0 saturated carbocycles. The topological polar surface area (TPSA) is 23.5 Å². The summed E-state index contributed by atoms with van der Waals surface area (Å²) in [6, 6.07) is 4.47. The van der Waals surface area contributed by atoms with Gasteiger partial charge in [0.05, 0.1) is 11.2 Å². The molecule has 2 rings (SSSR count). The largest absolute Gasteiger partial charge is 0.416 e. The molecule has 1 aliphatic heterocycles. The van der Waals surface area contributed by atoms with Crippen molar-refractivity contribution in [3.05, 3.63) is 29.3 Å². The molecule has 0 saturated heterocycles. The van der Waals surface area contributed by atoms with Crippen LogP contribution in [0.5, 0.6) is 0 Å². The van der Waals surface area contributed by atoms with Crippen molar-refractivity contribution in [2.75, 3.05) is 11.4 Å². The third kappa shape index (κ3) is 3.34. The summed E-state index contributed by atoms with van der Waals surface area (Å²) in [4.78, 5) is 1.99. The van der Waals surface area contributed by atoms with E-state index in [9.17, 15) is 18.3 Å². The van der Waals surface area contributed by atoms with Crippen molar-refractivity contribution in [1.82, 2.24) is 0 Å². The van der Waals surface area contributed by atoms with Gasteiger partial charge in [0.25, 0.3) is 0 Å². The lowest BCUT2D eigenvalue weighted by Crippen LogP contribution is -2.31. The molecule has 0 amide bonds. The number of alkyl halides is 3. The zero-order chi connectivity index (χ0) is 16.0. The molecule has 1 atom stereocenters. The molecule has 1 N–H and O–H groups in total. The molecule has 21 heavy (non-hydrogen) atoms. The van der Waals surface area contributed by atoms with Gasteiger partial charge in [-0.15, -0.1) is 0 Å². The molecule has 5 heteroatoms. The Morgan fingerprint density at radius 1 is 1.29 bits per heavy atom. The summed E-state index contributed by atoms with van der Waals surface area (Å²) in [5, 5.41) is 10.0. The van der Waals surface area contributed by atoms with Crippen molar-refractivity contribution in [2.45, 2.75) is 57.9 Å². The molecule has 118 valence electrons. The highest BCUT2D eigenvalue weighted by atomic mass is 19.4. The van der Waals surface area contributed by atoms with Crippen molar-refractivity contribution in [3.63, 3.8) is 0 Å². The summed E-state index contributed by atoms with van der Waals surface area (Å²) >= 11 is 0. The second kappa shape index (κ2) is 5.20. The first-order chi connectivity index (χ1) is 9.50. The molecule has 0 aliphatic carbocycles. The van der Waals surface area contributed by atoms with Crippen LogP contribution in [0.2, 0.25) is 0 Å². The summed E-state index contributed by atoms with van der Waals surface area (Å²) in [6.45, 7) is 7.74. The van der Waals surface area contributed by atoms with Crippen molar-refractivity contribution in [3.8, 4) is 0 Å². The van der Waals surface area contributed by atoms with Crippen LogP contribution in [-0.2, 0) is 6.18 Å². The Bertz CT molecular complexity index is 517. The Morgan fingerprint density at radius 3 is 2.38 bits per heavy atom. The molecule has 1 unspecified atom stereocenters. The van der Waals surface area contributed by atoms with Gasteiger partial charge >= 0.3 is 6.18 Å². The average Bonchev–Trinajstić information content (AvgIpc) is 2.64. The molecule has 1 aromatic carbocycles. The fraction of sp³-hybridized carbons (Fsp3) is 0.625. The summed E-state index contributed by atoms with van der Waals surface area (Å²) < 4.78 is 39.9. The van der Waals surface area contributed by atoms with E-state index in [-0.39, 0.29) is 12.0 Å². The molecule has 0 radical (unpaired) electrons. The minimum Gasteiger partial charge on any atom is -0.390 e. The predicted octanol–water partition coefficient (Wildman–Crippen LogP) is 4.18. The molecule has 1 heterocycles. The summed E-state index contributed by atoms with van der Waals surface area (Å²) in [5.41, 5.74) is -0.583. The predicted molar refractivity (Wildman–Crippen MR) is 77.6 cm³/mol. The number of aliphatic hydroxyl groups is 1. The third-order valence-corrected chi connectivity index (χ3v) is 3.89. The maximum absolute atomic E-state index is 13.3. The van der Waals surface area contributed by atoms with Gasteiger partial charge in [0.2, 0.25) is 0 Å². The molecule has 0 spiro atoms. The number of nitrogens with zero attached hydrogens (tertiary/aromatic N) is 1. The van der Waals surface area contributed by atoms with Crippen LogP contribution in [0.15, 0.2) is 18.2 Å². The Hall–Kier alpha value is -1.23. The van der Waals surface area contributed by atoms with Crippen LogP contribution in [0.25, 0.3) is 0 Å². The van der Waals surface area contributed by atoms with E-state index in [0.29, 0.717) is 24.2 Å². The van der Waals surface area contributed by atoms with Gasteiger partial charge in [0.1, 0.15) is 0 Å². The van der Waals surface area contributed by atoms with E-state index in [4.69, 9.17) is 0 Å².